The molecule has 6 nitrogen and oxygen atoms in total. The van der Waals surface area contributed by atoms with Gasteiger partial charge in [0.05, 0.1) is 0 Å². The second-order valence-electron chi connectivity index (χ2n) is 8.59. The Hall–Kier alpha value is -1.73. The fourth-order valence-corrected chi connectivity index (χ4v) is 5.18. The SMILES string of the molecule is O=C(NCC1CC1)c1nnc2n1CC1(CC2)CCN(Cc2ccsc2)CC1. The Bertz CT molecular complexity index is 802. The van der Waals surface area contributed by atoms with E-state index in [-0.39, 0.29) is 5.91 Å². The molecule has 0 aromatic carbocycles. The monoisotopic (exact) mass is 385 g/mol. The maximum absolute atomic E-state index is 12.6. The molecule has 1 aliphatic carbocycles. The average molecular weight is 386 g/mol. The van der Waals surface area contributed by atoms with Crippen molar-refractivity contribution in [3.05, 3.63) is 34.0 Å². The standard InChI is InChI=1S/C20H27N5OS/c26-19(21-11-15-1-2-15)18-23-22-17-3-5-20(14-25(17)18)6-8-24(9-7-20)12-16-4-10-27-13-16/h4,10,13,15H,1-3,5-9,11-12,14H2,(H,21,26). The van der Waals surface area contributed by atoms with E-state index in [1.165, 1.54) is 37.7 Å². The van der Waals surface area contributed by atoms with Gasteiger partial charge in [-0.05, 0) is 78.9 Å². The van der Waals surface area contributed by atoms with E-state index in [2.05, 4.69) is 41.8 Å². The van der Waals surface area contributed by atoms with Crippen LogP contribution < -0.4 is 5.32 Å². The van der Waals surface area contributed by atoms with Gasteiger partial charge in [0.25, 0.3) is 5.91 Å². The summed E-state index contributed by atoms with van der Waals surface area (Å²) in [6.45, 7) is 5.01. The van der Waals surface area contributed by atoms with Gasteiger partial charge in [0, 0.05) is 26.1 Å². The molecule has 0 atom stereocenters. The number of carbonyl (C=O) groups is 1. The van der Waals surface area contributed by atoms with Crippen molar-refractivity contribution in [2.75, 3.05) is 19.6 Å². The molecule has 7 heteroatoms. The number of nitrogens with zero attached hydrogens (tertiary/aromatic N) is 4. The van der Waals surface area contributed by atoms with Crippen molar-refractivity contribution in [1.29, 1.82) is 0 Å². The summed E-state index contributed by atoms with van der Waals surface area (Å²) in [5.74, 6) is 2.13. The summed E-state index contributed by atoms with van der Waals surface area (Å²) in [5, 5.41) is 16.0. The number of amides is 1. The van der Waals surface area contributed by atoms with E-state index < -0.39 is 0 Å². The van der Waals surface area contributed by atoms with Gasteiger partial charge < -0.3 is 9.88 Å². The highest BCUT2D eigenvalue weighted by molar-refractivity contribution is 7.07. The lowest BCUT2D eigenvalue weighted by molar-refractivity contribution is 0.0618. The van der Waals surface area contributed by atoms with Crippen molar-refractivity contribution in [3.63, 3.8) is 0 Å². The topological polar surface area (TPSA) is 63.1 Å². The van der Waals surface area contributed by atoms with Crippen LogP contribution in [0.5, 0.6) is 0 Å². The highest BCUT2D eigenvalue weighted by Gasteiger charge is 2.40. The Kier molecular flexibility index (Phi) is 4.52. The number of rotatable bonds is 5. The summed E-state index contributed by atoms with van der Waals surface area (Å²) in [5.41, 5.74) is 1.72. The van der Waals surface area contributed by atoms with E-state index in [9.17, 15) is 4.79 Å². The van der Waals surface area contributed by atoms with E-state index in [0.717, 1.165) is 45.0 Å². The first-order chi connectivity index (χ1) is 13.2. The lowest BCUT2D eigenvalue weighted by Gasteiger charge is -2.44. The Labute approximate surface area is 164 Å². The molecule has 2 aromatic heterocycles. The molecule has 2 aliphatic heterocycles. The molecule has 1 amide bonds. The van der Waals surface area contributed by atoms with Gasteiger partial charge in [0.2, 0.25) is 5.82 Å². The van der Waals surface area contributed by atoms with Gasteiger partial charge in [0.1, 0.15) is 5.82 Å². The first kappa shape index (κ1) is 17.4. The highest BCUT2D eigenvalue weighted by atomic mass is 32.1. The summed E-state index contributed by atoms with van der Waals surface area (Å²) >= 11 is 1.78. The highest BCUT2D eigenvalue weighted by Crippen LogP contribution is 2.41. The number of thiophene rings is 1. The molecule has 27 heavy (non-hydrogen) atoms. The number of piperidine rings is 1. The molecule has 1 N–H and O–H groups in total. The molecule has 1 saturated carbocycles. The van der Waals surface area contributed by atoms with E-state index in [4.69, 9.17) is 0 Å². The van der Waals surface area contributed by atoms with Gasteiger partial charge in [0.15, 0.2) is 0 Å². The summed E-state index contributed by atoms with van der Waals surface area (Å²) in [4.78, 5) is 15.1. The minimum absolute atomic E-state index is 0.0485. The van der Waals surface area contributed by atoms with Gasteiger partial charge in [-0.15, -0.1) is 10.2 Å². The van der Waals surface area contributed by atoms with Gasteiger partial charge in [-0.25, -0.2) is 0 Å². The van der Waals surface area contributed by atoms with E-state index in [0.29, 0.717) is 17.2 Å². The molecular weight excluding hydrogens is 358 g/mol. The molecule has 0 unspecified atom stereocenters. The first-order valence-corrected chi connectivity index (χ1v) is 11.1. The van der Waals surface area contributed by atoms with Crippen molar-refractivity contribution in [2.45, 2.75) is 51.6 Å². The quantitative estimate of drug-likeness (QED) is 0.860. The molecular formula is C20H27N5OS. The smallest absolute Gasteiger partial charge is 0.289 e. The molecule has 5 rings (SSSR count). The third-order valence-electron chi connectivity index (χ3n) is 6.55. The Morgan fingerprint density at radius 3 is 2.85 bits per heavy atom. The van der Waals surface area contributed by atoms with Crippen LogP contribution in [0.4, 0.5) is 0 Å². The van der Waals surface area contributed by atoms with Crippen LogP contribution in [-0.2, 0) is 19.5 Å². The number of hydrogen-bond acceptors (Lipinski definition) is 5. The Morgan fingerprint density at radius 1 is 1.26 bits per heavy atom. The third-order valence-corrected chi connectivity index (χ3v) is 7.29. The first-order valence-electron chi connectivity index (χ1n) is 10.1. The van der Waals surface area contributed by atoms with Gasteiger partial charge in [-0.1, -0.05) is 0 Å². The Morgan fingerprint density at radius 2 is 2.11 bits per heavy atom. The fourth-order valence-electron chi connectivity index (χ4n) is 4.52. The molecule has 2 aromatic rings. The molecule has 1 spiro atoms. The molecule has 0 bridgehead atoms. The van der Waals surface area contributed by atoms with Crippen molar-refractivity contribution in [3.8, 4) is 0 Å². The number of nitrogens with one attached hydrogen (secondary N) is 1. The van der Waals surface area contributed by atoms with Gasteiger partial charge in [-0.2, -0.15) is 11.3 Å². The molecule has 0 radical (unpaired) electrons. The van der Waals surface area contributed by atoms with E-state index in [1.54, 1.807) is 11.3 Å². The number of aryl methyl sites for hydroxylation is 1. The van der Waals surface area contributed by atoms with Crippen LogP contribution in [0.15, 0.2) is 16.8 Å². The van der Waals surface area contributed by atoms with E-state index >= 15 is 0 Å². The summed E-state index contributed by atoms with van der Waals surface area (Å²) < 4.78 is 2.11. The number of likely N-dealkylation sites (tertiary alicyclic amines) is 1. The van der Waals surface area contributed by atoms with Crippen LogP contribution in [0, 0.1) is 11.3 Å². The van der Waals surface area contributed by atoms with Crippen LogP contribution in [0.3, 0.4) is 0 Å². The van der Waals surface area contributed by atoms with Crippen LogP contribution in [0.2, 0.25) is 0 Å². The molecule has 2 fully saturated rings. The maximum atomic E-state index is 12.6. The van der Waals surface area contributed by atoms with Gasteiger partial charge in [-0.3, -0.25) is 9.69 Å². The zero-order chi connectivity index (χ0) is 18.3. The molecule has 1 saturated heterocycles. The normalized spacial score (nSPS) is 21.9. The number of hydrogen-bond donors (Lipinski definition) is 1. The zero-order valence-corrected chi connectivity index (χ0v) is 16.5. The molecule has 4 heterocycles. The predicted molar refractivity (Wildman–Crippen MR) is 105 cm³/mol. The minimum Gasteiger partial charge on any atom is -0.349 e. The lowest BCUT2D eigenvalue weighted by atomic mass is 9.73. The second-order valence-corrected chi connectivity index (χ2v) is 9.37. The summed E-state index contributed by atoms with van der Waals surface area (Å²) in [6.07, 6.45) is 6.97. The Balaban J connectivity index is 1.24. The number of aromatic nitrogens is 3. The number of carbonyl (C=O) groups excluding carboxylic acids is 1. The number of fused-ring (bicyclic) bond motifs is 1. The van der Waals surface area contributed by atoms with Crippen LogP contribution in [0.25, 0.3) is 0 Å². The fraction of sp³-hybridized carbons (Fsp3) is 0.650. The largest absolute Gasteiger partial charge is 0.349 e. The summed E-state index contributed by atoms with van der Waals surface area (Å²) in [7, 11) is 0. The second kappa shape index (κ2) is 7.02. The molecule has 144 valence electrons. The van der Waals surface area contributed by atoms with Crippen molar-refractivity contribution in [2.24, 2.45) is 11.3 Å². The van der Waals surface area contributed by atoms with Crippen molar-refractivity contribution >= 4 is 17.2 Å². The average Bonchev–Trinajstić information content (AvgIpc) is 3.20. The maximum Gasteiger partial charge on any atom is 0.289 e. The van der Waals surface area contributed by atoms with Crippen molar-refractivity contribution in [1.82, 2.24) is 25.0 Å². The van der Waals surface area contributed by atoms with Crippen LogP contribution in [0.1, 0.15) is 54.1 Å². The van der Waals surface area contributed by atoms with Crippen LogP contribution >= 0.6 is 11.3 Å². The molecule has 3 aliphatic rings. The van der Waals surface area contributed by atoms with Crippen molar-refractivity contribution < 1.29 is 4.79 Å². The predicted octanol–water partition coefficient (Wildman–Crippen LogP) is 2.71. The van der Waals surface area contributed by atoms with Crippen LogP contribution in [-0.4, -0.2) is 45.2 Å². The zero-order valence-electron chi connectivity index (χ0n) is 15.7. The lowest BCUT2D eigenvalue weighted by Crippen LogP contribution is -2.44. The van der Waals surface area contributed by atoms with E-state index in [1.807, 2.05) is 0 Å². The summed E-state index contributed by atoms with van der Waals surface area (Å²) in [6, 6.07) is 2.23. The third kappa shape index (κ3) is 3.67. The minimum atomic E-state index is -0.0485. The van der Waals surface area contributed by atoms with Gasteiger partial charge >= 0.3 is 0 Å².